The highest BCUT2D eigenvalue weighted by Crippen LogP contribution is 2.13. The normalized spacial score (nSPS) is 10.4. The first-order valence-electron chi connectivity index (χ1n) is 7.31. The quantitative estimate of drug-likeness (QED) is 0.761. The molecule has 0 aliphatic carbocycles. The SMILES string of the molecule is O=C(COCc1ccccc1)Nc1ccc(-n2ccnc2)cc1. The van der Waals surface area contributed by atoms with Gasteiger partial charge in [-0.1, -0.05) is 30.3 Å². The summed E-state index contributed by atoms with van der Waals surface area (Å²) in [6.45, 7) is 0.450. The van der Waals surface area contributed by atoms with Crippen LogP contribution < -0.4 is 5.32 Å². The van der Waals surface area contributed by atoms with Crippen LogP contribution in [0.2, 0.25) is 0 Å². The molecule has 0 fully saturated rings. The van der Waals surface area contributed by atoms with E-state index in [1.165, 1.54) is 0 Å². The first kappa shape index (κ1) is 15.0. The van der Waals surface area contributed by atoms with E-state index in [0.717, 1.165) is 16.9 Å². The van der Waals surface area contributed by atoms with Crippen molar-refractivity contribution in [3.05, 3.63) is 78.9 Å². The number of aromatic nitrogens is 2. The lowest BCUT2D eigenvalue weighted by molar-refractivity contribution is -0.121. The van der Waals surface area contributed by atoms with Gasteiger partial charge in [-0.25, -0.2) is 4.98 Å². The molecule has 0 bridgehead atoms. The maximum Gasteiger partial charge on any atom is 0.250 e. The molecule has 3 aromatic rings. The van der Waals surface area contributed by atoms with Crippen LogP contribution in [0.4, 0.5) is 5.69 Å². The Bertz CT molecular complexity index is 738. The Labute approximate surface area is 134 Å². The average molecular weight is 307 g/mol. The Morgan fingerprint density at radius 3 is 2.57 bits per heavy atom. The van der Waals surface area contributed by atoms with Crippen molar-refractivity contribution in [2.45, 2.75) is 6.61 Å². The molecule has 1 heterocycles. The Morgan fingerprint density at radius 2 is 1.87 bits per heavy atom. The minimum absolute atomic E-state index is 0.0260. The van der Waals surface area contributed by atoms with Gasteiger partial charge in [0.15, 0.2) is 0 Å². The van der Waals surface area contributed by atoms with Crippen LogP contribution in [-0.2, 0) is 16.1 Å². The van der Waals surface area contributed by atoms with Gasteiger partial charge in [-0.3, -0.25) is 4.79 Å². The number of benzene rings is 2. The Hall–Kier alpha value is -2.92. The third-order valence-electron chi connectivity index (χ3n) is 3.30. The topological polar surface area (TPSA) is 56.1 Å². The molecule has 5 heteroatoms. The molecule has 5 nitrogen and oxygen atoms in total. The second kappa shape index (κ2) is 7.38. The maximum absolute atomic E-state index is 11.9. The fourth-order valence-electron chi connectivity index (χ4n) is 2.16. The zero-order valence-corrected chi connectivity index (χ0v) is 12.6. The molecule has 0 saturated heterocycles. The molecule has 0 radical (unpaired) electrons. The molecule has 116 valence electrons. The molecule has 0 saturated carbocycles. The van der Waals surface area contributed by atoms with Crippen LogP contribution in [0.15, 0.2) is 73.3 Å². The van der Waals surface area contributed by atoms with Gasteiger partial charge in [0.25, 0.3) is 0 Å². The lowest BCUT2D eigenvalue weighted by Gasteiger charge is -2.08. The summed E-state index contributed by atoms with van der Waals surface area (Å²) in [5, 5.41) is 2.81. The predicted molar refractivity (Wildman–Crippen MR) is 88.3 cm³/mol. The highest BCUT2D eigenvalue weighted by atomic mass is 16.5. The third kappa shape index (κ3) is 4.28. The van der Waals surface area contributed by atoms with Crippen molar-refractivity contribution < 1.29 is 9.53 Å². The number of ether oxygens (including phenoxy) is 1. The summed E-state index contributed by atoms with van der Waals surface area (Å²) in [5.41, 5.74) is 2.77. The Kier molecular flexibility index (Phi) is 4.81. The number of anilines is 1. The fraction of sp³-hybridized carbons (Fsp3) is 0.111. The molecule has 2 aromatic carbocycles. The van der Waals surface area contributed by atoms with E-state index < -0.39 is 0 Å². The molecule has 0 spiro atoms. The number of carbonyl (C=O) groups excluding carboxylic acids is 1. The highest BCUT2D eigenvalue weighted by Gasteiger charge is 2.03. The third-order valence-corrected chi connectivity index (χ3v) is 3.30. The summed E-state index contributed by atoms with van der Waals surface area (Å²) in [5.74, 6) is -0.170. The van der Waals surface area contributed by atoms with Crippen molar-refractivity contribution in [2.75, 3.05) is 11.9 Å². The van der Waals surface area contributed by atoms with E-state index in [9.17, 15) is 4.79 Å². The number of hydrogen-bond donors (Lipinski definition) is 1. The van der Waals surface area contributed by atoms with Crippen LogP contribution in [0.1, 0.15) is 5.56 Å². The van der Waals surface area contributed by atoms with Crippen LogP contribution in [0, 0.1) is 0 Å². The predicted octanol–water partition coefficient (Wildman–Crippen LogP) is 3.03. The molecule has 23 heavy (non-hydrogen) atoms. The minimum atomic E-state index is -0.170. The standard InChI is InChI=1S/C18H17N3O2/c22-18(13-23-12-15-4-2-1-3-5-15)20-16-6-8-17(9-7-16)21-11-10-19-14-21/h1-11,14H,12-13H2,(H,20,22). The molecule has 1 aromatic heterocycles. The largest absolute Gasteiger partial charge is 0.367 e. The first-order valence-corrected chi connectivity index (χ1v) is 7.31. The van der Waals surface area contributed by atoms with Crippen molar-refractivity contribution in [2.24, 2.45) is 0 Å². The van der Waals surface area contributed by atoms with E-state index in [4.69, 9.17) is 4.74 Å². The number of nitrogens with one attached hydrogen (secondary N) is 1. The van der Waals surface area contributed by atoms with Crippen molar-refractivity contribution in [1.82, 2.24) is 9.55 Å². The van der Waals surface area contributed by atoms with Crippen LogP contribution in [-0.4, -0.2) is 22.1 Å². The van der Waals surface area contributed by atoms with Gasteiger partial charge in [-0.15, -0.1) is 0 Å². The summed E-state index contributed by atoms with van der Waals surface area (Å²) >= 11 is 0. The van der Waals surface area contributed by atoms with Gasteiger partial charge in [0.2, 0.25) is 5.91 Å². The molecular weight excluding hydrogens is 290 g/mol. The van der Waals surface area contributed by atoms with Gasteiger partial charge in [0, 0.05) is 23.8 Å². The number of rotatable bonds is 6. The number of hydrogen-bond acceptors (Lipinski definition) is 3. The van der Waals surface area contributed by atoms with Crippen molar-refractivity contribution >= 4 is 11.6 Å². The van der Waals surface area contributed by atoms with Crippen LogP contribution in [0.5, 0.6) is 0 Å². The molecule has 0 aliphatic rings. The van der Waals surface area contributed by atoms with E-state index in [1.807, 2.05) is 65.4 Å². The van der Waals surface area contributed by atoms with Gasteiger partial charge in [-0.05, 0) is 29.8 Å². The second-order valence-corrected chi connectivity index (χ2v) is 5.04. The Morgan fingerprint density at radius 1 is 1.09 bits per heavy atom. The second-order valence-electron chi connectivity index (χ2n) is 5.04. The molecule has 0 atom stereocenters. The Balaban J connectivity index is 1.48. The maximum atomic E-state index is 11.9. The van der Waals surface area contributed by atoms with E-state index in [0.29, 0.717) is 6.61 Å². The summed E-state index contributed by atoms with van der Waals surface area (Å²) in [7, 11) is 0. The summed E-state index contributed by atoms with van der Waals surface area (Å²) < 4.78 is 7.31. The number of nitrogens with zero attached hydrogens (tertiary/aromatic N) is 2. The molecule has 0 unspecified atom stereocenters. The summed E-state index contributed by atoms with van der Waals surface area (Å²) in [6.07, 6.45) is 5.32. The number of imidazole rings is 1. The van der Waals surface area contributed by atoms with Crippen LogP contribution >= 0.6 is 0 Å². The van der Waals surface area contributed by atoms with E-state index >= 15 is 0 Å². The average Bonchev–Trinajstić information content (AvgIpc) is 3.11. The van der Waals surface area contributed by atoms with Gasteiger partial charge in [0.1, 0.15) is 6.61 Å². The zero-order chi connectivity index (χ0) is 15.9. The molecule has 0 aliphatic heterocycles. The zero-order valence-electron chi connectivity index (χ0n) is 12.6. The van der Waals surface area contributed by atoms with Gasteiger partial charge < -0.3 is 14.6 Å². The van der Waals surface area contributed by atoms with Gasteiger partial charge in [0.05, 0.1) is 12.9 Å². The van der Waals surface area contributed by atoms with E-state index in [-0.39, 0.29) is 12.5 Å². The smallest absolute Gasteiger partial charge is 0.250 e. The summed E-state index contributed by atoms with van der Waals surface area (Å²) in [6, 6.07) is 17.3. The van der Waals surface area contributed by atoms with Crippen molar-refractivity contribution in [3.63, 3.8) is 0 Å². The van der Waals surface area contributed by atoms with Crippen LogP contribution in [0.3, 0.4) is 0 Å². The minimum Gasteiger partial charge on any atom is -0.367 e. The highest BCUT2D eigenvalue weighted by molar-refractivity contribution is 5.91. The number of amides is 1. The van der Waals surface area contributed by atoms with Crippen molar-refractivity contribution in [1.29, 1.82) is 0 Å². The number of carbonyl (C=O) groups is 1. The summed E-state index contributed by atoms with van der Waals surface area (Å²) in [4.78, 5) is 15.9. The lowest BCUT2D eigenvalue weighted by Crippen LogP contribution is -2.18. The fourth-order valence-corrected chi connectivity index (χ4v) is 2.16. The first-order chi connectivity index (χ1) is 11.3. The van der Waals surface area contributed by atoms with Gasteiger partial charge >= 0.3 is 0 Å². The van der Waals surface area contributed by atoms with E-state index in [2.05, 4.69) is 10.3 Å². The molecule has 3 rings (SSSR count). The molecule has 1 N–H and O–H groups in total. The molecule has 1 amide bonds. The van der Waals surface area contributed by atoms with Gasteiger partial charge in [-0.2, -0.15) is 0 Å². The van der Waals surface area contributed by atoms with Crippen molar-refractivity contribution in [3.8, 4) is 5.69 Å². The van der Waals surface area contributed by atoms with E-state index in [1.54, 1.807) is 12.5 Å². The van der Waals surface area contributed by atoms with Crippen LogP contribution in [0.25, 0.3) is 5.69 Å². The molecular formula is C18H17N3O2. The monoisotopic (exact) mass is 307 g/mol. The lowest BCUT2D eigenvalue weighted by atomic mass is 10.2.